The van der Waals surface area contributed by atoms with Gasteiger partial charge < -0.3 is 0 Å². The molecule has 0 saturated heterocycles. The molecular weight excluding hydrogens is 623 g/mol. The number of rotatable bonds is 4. The zero-order chi connectivity index (χ0) is 34.7. The number of fused-ring (bicyclic) bond motifs is 5. The molecule has 2 saturated carbocycles. The van der Waals surface area contributed by atoms with Gasteiger partial charge in [0.25, 0.3) is 0 Å². The fourth-order valence-electron chi connectivity index (χ4n) is 9.66. The number of aromatic nitrogens is 3. The normalized spacial score (nSPS) is 21.4. The molecular formula is C46H37N5. The van der Waals surface area contributed by atoms with Gasteiger partial charge in [-0.05, 0) is 130 Å². The average Bonchev–Trinajstić information content (AvgIpc) is 3.15. The highest BCUT2D eigenvalue weighted by Gasteiger charge is 2.46. The van der Waals surface area contributed by atoms with Crippen LogP contribution in [0.15, 0.2) is 109 Å². The van der Waals surface area contributed by atoms with Gasteiger partial charge in [-0.2, -0.15) is 10.5 Å². The van der Waals surface area contributed by atoms with E-state index in [9.17, 15) is 10.5 Å². The quantitative estimate of drug-likeness (QED) is 0.188. The molecule has 7 aromatic rings. The third-order valence-electron chi connectivity index (χ3n) is 11.5. The Balaban J connectivity index is 1.25. The van der Waals surface area contributed by atoms with Gasteiger partial charge in [-0.15, -0.1) is 0 Å². The molecule has 2 aliphatic rings. The molecule has 5 nitrogen and oxygen atoms in total. The summed E-state index contributed by atoms with van der Waals surface area (Å²) in [6.07, 6.45) is 6.44. The molecule has 5 heteroatoms. The van der Waals surface area contributed by atoms with E-state index in [1.807, 2.05) is 48.5 Å². The molecule has 9 rings (SSSR count). The number of nitriles is 2. The van der Waals surface area contributed by atoms with Crippen molar-refractivity contribution in [3.05, 3.63) is 126 Å². The van der Waals surface area contributed by atoms with Crippen molar-refractivity contribution in [2.75, 3.05) is 0 Å². The van der Waals surface area contributed by atoms with Crippen LogP contribution in [0.5, 0.6) is 0 Å². The van der Waals surface area contributed by atoms with Crippen molar-refractivity contribution < 1.29 is 0 Å². The molecule has 2 aliphatic carbocycles. The molecule has 0 aliphatic heterocycles. The van der Waals surface area contributed by atoms with Crippen LogP contribution < -0.4 is 0 Å². The summed E-state index contributed by atoms with van der Waals surface area (Å²) >= 11 is 0. The van der Waals surface area contributed by atoms with E-state index in [-0.39, 0.29) is 5.41 Å². The SMILES string of the molecule is C[C@@H]1CC2C[C@H](C)CC(c3ccc(-c4nc(-c5ccc6ccc(C#N)cc6c5)nc(-c5ccc6ccc(C#N)cc6c5)n4)c4ccccc34)(C2)C1. The van der Waals surface area contributed by atoms with Crippen molar-refractivity contribution in [3.63, 3.8) is 0 Å². The molecule has 2 unspecified atom stereocenters. The minimum Gasteiger partial charge on any atom is -0.208 e. The molecule has 51 heavy (non-hydrogen) atoms. The Hall–Kier alpha value is -5.91. The summed E-state index contributed by atoms with van der Waals surface area (Å²) in [4.78, 5) is 15.4. The Labute approximate surface area is 298 Å². The highest BCUT2D eigenvalue weighted by Crippen LogP contribution is 2.55. The first kappa shape index (κ1) is 31.1. The molecule has 2 bridgehead atoms. The number of benzene rings is 6. The van der Waals surface area contributed by atoms with Gasteiger partial charge in [0.2, 0.25) is 0 Å². The highest BCUT2D eigenvalue weighted by molar-refractivity contribution is 5.98. The lowest BCUT2D eigenvalue weighted by atomic mass is 9.54. The van der Waals surface area contributed by atoms with E-state index in [4.69, 9.17) is 15.0 Å². The van der Waals surface area contributed by atoms with E-state index in [1.165, 1.54) is 43.1 Å². The molecule has 0 spiro atoms. The maximum absolute atomic E-state index is 9.58. The average molecular weight is 660 g/mol. The fourth-order valence-corrected chi connectivity index (χ4v) is 9.66. The minimum absolute atomic E-state index is 0.189. The lowest BCUT2D eigenvalue weighted by molar-refractivity contribution is 0.0790. The van der Waals surface area contributed by atoms with Crippen LogP contribution in [0.1, 0.15) is 62.6 Å². The van der Waals surface area contributed by atoms with E-state index in [0.29, 0.717) is 28.6 Å². The molecule has 246 valence electrons. The van der Waals surface area contributed by atoms with E-state index in [0.717, 1.165) is 61.4 Å². The Morgan fingerprint density at radius 3 is 1.65 bits per heavy atom. The Morgan fingerprint density at radius 2 is 1.08 bits per heavy atom. The molecule has 6 aromatic carbocycles. The predicted octanol–water partition coefficient (Wildman–Crippen LogP) is 11.2. The Morgan fingerprint density at radius 1 is 0.549 bits per heavy atom. The van der Waals surface area contributed by atoms with Gasteiger partial charge in [0.05, 0.1) is 23.3 Å². The standard InChI is InChI=1S/C46H37N5/c1-28-17-32-18-29(2)24-46(23-28,25-32)42-16-15-41(39-5-3-4-6-40(39)42)45-50-43(35-13-11-33-9-7-30(26-47)19-37(33)21-35)49-44(51-45)36-14-12-34-10-8-31(27-48)20-38(34)22-36/h3-16,19-22,28-29,32H,17-18,23-25H2,1-2H3/t28-,29+,32?,46?. The Kier molecular flexibility index (Phi) is 7.41. The molecule has 0 radical (unpaired) electrons. The van der Waals surface area contributed by atoms with Gasteiger partial charge in [-0.25, -0.2) is 15.0 Å². The number of nitrogens with zero attached hydrogens (tertiary/aromatic N) is 5. The van der Waals surface area contributed by atoms with E-state index in [1.54, 1.807) is 0 Å². The van der Waals surface area contributed by atoms with Crippen LogP contribution in [0.3, 0.4) is 0 Å². The van der Waals surface area contributed by atoms with Gasteiger partial charge in [-0.3, -0.25) is 0 Å². The van der Waals surface area contributed by atoms with Crippen LogP contribution in [0.25, 0.3) is 66.5 Å². The second-order valence-electron chi connectivity index (χ2n) is 15.2. The third kappa shape index (κ3) is 5.51. The topological polar surface area (TPSA) is 86.2 Å². The number of hydrogen-bond acceptors (Lipinski definition) is 5. The largest absolute Gasteiger partial charge is 0.208 e. The first-order chi connectivity index (χ1) is 24.9. The highest BCUT2D eigenvalue weighted by atomic mass is 15.0. The lowest BCUT2D eigenvalue weighted by Gasteiger charge is -2.51. The zero-order valence-electron chi connectivity index (χ0n) is 28.9. The molecule has 0 N–H and O–H groups in total. The van der Waals surface area contributed by atoms with Crippen LogP contribution in [0, 0.1) is 40.4 Å². The van der Waals surface area contributed by atoms with Gasteiger partial charge in [0, 0.05) is 16.7 Å². The molecule has 2 fully saturated rings. The summed E-state index contributed by atoms with van der Waals surface area (Å²) in [6.45, 7) is 4.90. The Bertz CT molecular complexity index is 2470. The smallest absolute Gasteiger partial charge is 0.164 e. The second-order valence-corrected chi connectivity index (χ2v) is 15.2. The van der Waals surface area contributed by atoms with Gasteiger partial charge >= 0.3 is 0 Å². The number of hydrogen-bond donors (Lipinski definition) is 0. The third-order valence-corrected chi connectivity index (χ3v) is 11.5. The van der Waals surface area contributed by atoms with Crippen molar-refractivity contribution in [2.24, 2.45) is 17.8 Å². The maximum Gasteiger partial charge on any atom is 0.164 e. The monoisotopic (exact) mass is 659 g/mol. The van der Waals surface area contributed by atoms with E-state index < -0.39 is 0 Å². The van der Waals surface area contributed by atoms with Crippen LogP contribution >= 0.6 is 0 Å². The van der Waals surface area contributed by atoms with Crippen LogP contribution in [-0.2, 0) is 5.41 Å². The van der Waals surface area contributed by atoms with E-state index >= 15 is 0 Å². The first-order valence-electron chi connectivity index (χ1n) is 18.1. The molecule has 1 aromatic heterocycles. The minimum atomic E-state index is 0.189. The zero-order valence-corrected chi connectivity index (χ0v) is 28.9. The van der Waals surface area contributed by atoms with Crippen molar-refractivity contribution in [3.8, 4) is 46.3 Å². The van der Waals surface area contributed by atoms with E-state index in [2.05, 4.69) is 86.6 Å². The van der Waals surface area contributed by atoms with Crippen molar-refractivity contribution in [1.29, 1.82) is 10.5 Å². The molecule has 0 amide bonds. The summed E-state index contributed by atoms with van der Waals surface area (Å²) < 4.78 is 0. The van der Waals surface area contributed by atoms with Crippen LogP contribution in [-0.4, -0.2) is 15.0 Å². The fraction of sp³-hybridized carbons (Fsp3) is 0.239. The van der Waals surface area contributed by atoms with Crippen molar-refractivity contribution in [2.45, 2.75) is 51.4 Å². The second kappa shape index (κ2) is 12.1. The van der Waals surface area contributed by atoms with Gasteiger partial charge in [-0.1, -0.05) is 86.6 Å². The summed E-state index contributed by atoms with van der Waals surface area (Å²) in [5, 5.41) is 25.6. The summed E-state index contributed by atoms with van der Waals surface area (Å²) in [6, 6.07) is 41.7. The van der Waals surface area contributed by atoms with Gasteiger partial charge in [0.1, 0.15) is 0 Å². The molecule has 4 atom stereocenters. The summed E-state index contributed by atoms with van der Waals surface area (Å²) in [7, 11) is 0. The van der Waals surface area contributed by atoms with Crippen molar-refractivity contribution >= 4 is 32.3 Å². The van der Waals surface area contributed by atoms with Gasteiger partial charge in [0.15, 0.2) is 17.5 Å². The van der Waals surface area contributed by atoms with Crippen molar-refractivity contribution in [1.82, 2.24) is 15.0 Å². The lowest BCUT2D eigenvalue weighted by Crippen LogP contribution is -2.42. The predicted molar refractivity (Wildman–Crippen MR) is 205 cm³/mol. The maximum atomic E-state index is 9.58. The van der Waals surface area contributed by atoms with Crippen LogP contribution in [0.4, 0.5) is 0 Å². The first-order valence-corrected chi connectivity index (χ1v) is 18.1. The molecule has 1 heterocycles. The summed E-state index contributed by atoms with van der Waals surface area (Å²) in [5.74, 6) is 4.01. The summed E-state index contributed by atoms with van der Waals surface area (Å²) in [5.41, 5.74) is 5.59. The van der Waals surface area contributed by atoms with Crippen LogP contribution in [0.2, 0.25) is 0 Å².